The molecular weight excluding hydrogens is 347 g/mol. The standard InChI is InChI=1S/C21H19FN2O3/c1-15-5-6-16(12-19(15)22)13-24-20(25)14-26-17-7-9-18(10-8-17)27-21-4-2-3-11-23-21/h2-12H,13-14H2,1H3,(H,24,25). The van der Waals surface area contributed by atoms with Crippen LogP contribution >= 0.6 is 0 Å². The molecule has 3 rings (SSSR count). The van der Waals surface area contributed by atoms with Gasteiger partial charge in [-0.3, -0.25) is 4.79 Å². The van der Waals surface area contributed by atoms with E-state index in [1.165, 1.54) is 6.07 Å². The van der Waals surface area contributed by atoms with E-state index in [9.17, 15) is 9.18 Å². The summed E-state index contributed by atoms with van der Waals surface area (Å²) in [7, 11) is 0. The van der Waals surface area contributed by atoms with Crippen LogP contribution < -0.4 is 14.8 Å². The van der Waals surface area contributed by atoms with Gasteiger partial charge in [0.2, 0.25) is 5.88 Å². The molecule has 27 heavy (non-hydrogen) atoms. The van der Waals surface area contributed by atoms with Crippen molar-refractivity contribution in [3.63, 3.8) is 0 Å². The van der Waals surface area contributed by atoms with Crippen molar-refractivity contribution in [1.29, 1.82) is 0 Å². The van der Waals surface area contributed by atoms with Crippen LogP contribution in [0.15, 0.2) is 66.9 Å². The van der Waals surface area contributed by atoms with Crippen LogP contribution in [-0.4, -0.2) is 17.5 Å². The third kappa shape index (κ3) is 5.54. The number of benzene rings is 2. The third-order valence-corrected chi connectivity index (χ3v) is 3.78. The van der Waals surface area contributed by atoms with Gasteiger partial charge >= 0.3 is 0 Å². The number of nitrogens with one attached hydrogen (secondary N) is 1. The van der Waals surface area contributed by atoms with Crippen LogP contribution in [-0.2, 0) is 11.3 Å². The minimum absolute atomic E-state index is 0.130. The fourth-order valence-corrected chi connectivity index (χ4v) is 2.28. The number of hydrogen-bond donors (Lipinski definition) is 1. The van der Waals surface area contributed by atoms with E-state index in [0.29, 0.717) is 28.5 Å². The molecule has 6 heteroatoms. The topological polar surface area (TPSA) is 60.5 Å². The van der Waals surface area contributed by atoms with Crippen LogP contribution in [0.1, 0.15) is 11.1 Å². The molecule has 0 fully saturated rings. The van der Waals surface area contributed by atoms with Gasteiger partial charge in [0.15, 0.2) is 6.61 Å². The maximum Gasteiger partial charge on any atom is 0.258 e. The second kappa shape index (κ2) is 8.80. The SMILES string of the molecule is Cc1ccc(CNC(=O)COc2ccc(Oc3ccccn3)cc2)cc1F. The molecule has 0 aliphatic carbocycles. The van der Waals surface area contributed by atoms with E-state index < -0.39 is 0 Å². The van der Waals surface area contributed by atoms with E-state index >= 15 is 0 Å². The molecule has 0 saturated heterocycles. The van der Waals surface area contributed by atoms with E-state index in [-0.39, 0.29) is 24.9 Å². The van der Waals surface area contributed by atoms with Gasteiger partial charge in [-0.15, -0.1) is 0 Å². The van der Waals surface area contributed by atoms with Gasteiger partial charge < -0.3 is 14.8 Å². The summed E-state index contributed by atoms with van der Waals surface area (Å²) in [6, 6.07) is 17.2. The van der Waals surface area contributed by atoms with Crippen molar-refractivity contribution in [3.8, 4) is 17.4 Å². The summed E-state index contributed by atoms with van der Waals surface area (Å²) in [5, 5.41) is 2.70. The predicted octanol–water partition coefficient (Wildman–Crippen LogP) is 4.02. The molecule has 0 spiro atoms. The lowest BCUT2D eigenvalue weighted by Gasteiger charge is -2.09. The molecule has 0 unspecified atom stereocenters. The Morgan fingerprint density at radius 3 is 2.56 bits per heavy atom. The molecule has 0 aliphatic rings. The fourth-order valence-electron chi connectivity index (χ4n) is 2.28. The summed E-state index contributed by atoms with van der Waals surface area (Å²) in [5.41, 5.74) is 1.27. The van der Waals surface area contributed by atoms with E-state index in [1.54, 1.807) is 55.6 Å². The summed E-state index contributed by atoms with van der Waals surface area (Å²) in [6.07, 6.45) is 1.65. The highest BCUT2D eigenvalue weighted by Crippen LogP contribution is 2.22. The fraction of sp³-hybridized carbons (Fsp3) is 0.143. The molecule has 0 atom stereocenters. The van der Waals surface area contributed by atoms with Crippen LogP contribution in [0.25, 0.3) is 0 Å². The Bertz CT molecular complexity index is 899. The highest BCUT2D eigenvalue weighted by atomic mass is 19.1. The van der Waals surface area contributed by atoms with Crippen molar-refractivity contribution < 1.29 is 18.7 Å². The number of halogens is 1. The quantitative estimate of drug-likeness (QED) is 0.686. The zero-order valence-corrected chi connectivity index (χ0v) is 14.8. The highest BCUT2D eigenvalue weighted by Gasteiger charge is 2.05. The van der Waals surface area contributed by atoms with Crippen molar-refractivity contribution >= 4 is 5.91 Å². The number of aryl methyl sites for hydroxylation is 1. The summed E-state index contributed by atoms with van der Waals surface area (Å²) in [6.45, 7) is 1.81. The Hall–Kier alpha value is -3.41. The molecule has 1 aromatic heterocycles. The van der Waals surface area contributed by atoms with E-state index in [1.807, 2.05) is 12.1 Å². The van der Waals surface area contributed by atoms with Gasteiger partial charge in [-0.05, 0) is 54.4 Å². The van der Waals surface area contributed by atoms with Gasteiger partial charge in [0.05, 0.1) is 0 Å². The van der Waals surface area contributed by atoms with Crippen molar-refractivity contribution in [2.24, 2.45) is 0 Å². The maximum absolute atomic E-state index is 13.5. The predicted molar refractivity (Wildman–Crippen MR) is 99.2 cm³/mol. The maximum atomic E-state index is 13.5. The molecule has 1 heterocycles. The average Bonchev–Trinajstić information content (AvgIpc) is 2.69. The van der Waals surface area contributed by atoms with Crippen molar-refractivity contribution in [1.82, 2.24) is 10.3 Å². The van der Waals surface area contributed by atoms with Crippen LogP contribution in [0.4, 0.5) is 4.39 Å². The smallest absolute Gasteiger partial charge is 0.258 e. The number of amides is 1. The average molecular weight is 366 g/mol. The molecule has 3 aromatic rings. The number of rotatable bonds is 7. The van der Waals surface area contributed by atoms with E-state index in [4.69, 9.17) is 9.47 Å². The van der Waals surface area contributed by atoms with Crippen molar-refractivity contribution in [2.75, 3.05) is 6.61 Å². The third-order valence-electron chi connectivity index (χ3n) is 3.78. The lowest BCUT2D eigenvalue weighted by molar-refractivity contribution is -0.123. The molecule has 138 valence electrons. The minimum Gasteiger partial charge on any atom is -0.484 e. The summed E-state index contributed by atoms with van der Waals surface area (Å²) >= 11 is 0. The number of carbonyl (C=O) groups is 1. The first-order valence-electron chi connectivity index (χ1n) is 8.43. The Kier molecular flexibility index (Phi) is 5.99. The van der Waals surface area contributed by atoms with Crippen LogP contribution in [0.2, 0.25) is 0 Å². The first-order chi connectivity index (χ1) is 13.1. The number of ether oxygens (including phenoxy) is 2. The van der Waals surface area contributed by atoms with Crippen LogP contribution in [0, 0.1) is 12.7 Å². The first-order valence-corrected chi connectivity index (χ1v) is 8.43. The monoisotopic (exact) mass is 366 g/mol. The summed E-state index contributed by atoms with van der Waals surface area (Å²) < 4.78 is 24.5. The van der Waals surface area contributed by atoms with Crippen LogP contribution in [0.3, 0.4) is 0 Å². The van der Waals surface area contributed by atoms with Gasteiger partial charge in [0.25, 0.3) is 5.91 Å². The van der Waals surface area contributed by atoms with Gasteiger partial charge in [-0.25, -0.2) is 9.37 Å². The zero-order chi connectivity index (χ0) is 19.1. The largest absolute Gasteiger partial charge is 0.484 e. The van der Waals surface area contributed by atoms with E-state index in [0.717, 1.165) is 0 Å². The molecular formula is C21H19FN2O3. The van der Waals surface area contributed by atoms with E-state index in [2.05, 4.69) is 10.3 Å². The Labute approximate surface area is 156 Å². The lowest BCUT2D eigenvalue weighted by Crippen LogP contribution is -2.28. The number of hydrogen-bond acceptors (Lipinski definition) is 4. The number of pyridine rings is 1. The summed E-state index contributed by atoms with van der Waals surface area (Å²) in [4.78, 5) is 16.0. The Morgan fingerprint density at radius 2 is 1.85 bits per heavy atom. The summed E-state index contributed by atoms with van der Waals surface area (Å²) in [5.74, 6) is 1.08. The minimum atomic E-state index is -0.287. The highest BCUT2D eigenvalue weighted by molar-refractivity contribution is 5.77. The van der Waals surface area contributed by atoms with Crippen LogP contribution in [0.5, 0.6) is 17.4 Å². The van der Waals surface area contributed by atoms with Crippen molar-refractivity contribution in [3.05, 3.63) is 83.8 Å². The molecule has 2 aromatic carbocycles. The van der Waals surface area contributed by atoms with Gasteiger partial charge in [0, 0.05) is 18.8 Å². The Balaban J connectivity index is 1.45. The second-order valence-electron chi connectivity index (χ2n) is 5.89. The normalized spacial score (nSPS) is 10.3. The van der Waals surface area contributed by atoms with Crippen molar-refractivity contribution in [2.45, 2.75) is 13.5 Å². The second-order valence-corrected chi connectivity index (χ2v) is 5.89. The number of aromatic nitrogens is 1. The van der Waals surface area contributed by atoms with Gasteiger partial charge in [-0.1, -0.05) is 18.2 Å². The lowest BCUT2D eigenvalue weighted by atomic mass is 10.1. The number of carbonyl (C=O) groups excluding carboxylic acids is 1. The van der Waals surface area contributed by atoms with Gasteiger partial charge in [0.1, 0.15) is 17.3 Å². The molecule has 0 aliphatic heterocycles. The first kappa shape index (κ1) is 18.4. The Morgan fingerprint density at radius 1 is 1.07 bits per heavy atom. The molecule has 5 nitrogen and oxygen atoms in total. The zero-order valence-electron chi connectivity index (χ0n) is 14.8. The molecule has 0 saturated carbocycles. The van der Waals surface area contributed by atoms with Gasteiger partial charge in [-0.2, -0.15) is 0 Å². The molecule has 1 amide bonds. The number of nitrogens with zero attached hydrogens (tertiary/aromatic N) is 1. The molecule has 1 N–H and O–H groups in total. The molecule has 0 bridgehead atoms. The molecule has 0 radical (unpaired) electrons.